The third-order valence-corrected chi connectivity index (χ3v) is 8.56. The Labute approximate surface area is 240 Å². The van der Waals surface area contributed by atoms with Crippen molar-refractivity contribution in [2.45, 2.75) is 4.90 Å². The molecular weight excluding hydrogens is 500 g/mol. The fourth-order valence-electron chi connectivity index (χ4n) is 5.94. The monoisotopic (exact) mass is 528 g/mol. The van der Waals surface area contributed by atoms with Gasteiger partial charge in [-0.25, -0.2) is 0 Å². The minimum atomic E-state index is 1.23. The Balaban J connectivity index is 1.52. The molecular formula is C39H28S. The van der Waals surface area contributed by atoms with Gasteiger partial charge in [0.15, 0.2) is 0 Å². The lowest BCUT2D eigenvalue weighted by molar-refractivity contribution is 1.45. The van der Waals surface area contributed by atoms with Gasteiger partial charge in [0.05, 0.1) is 0 Å². The lowest BCUT2D eigenvalue weighted by Crippen LogP contribution is -1.92. The highest BCUT2D eigenvalue weighted by atomic mass is 32.2. The maximum atomic E-state index is 2.38. The van der Waals surface area contributed by atoms with E-state index < -0.39 is 0 Å². The van der Waals surface area contributed by atoms with Crippen molar-refractivity contribution in [2.24, 2.45) is 0 Å². The average molecular weight is 529 g/mol. The minimum absolute atomic E-state index is 1.23. The van der Waals surface area contributed by atoms with Crippen molar-refractivity contribution < 1.29 is 0 Å². The average Bonchev–Trinajstić information content (AvgIpc) is 3.04. The van der Waals surface area contributed by atoms with Crippen LogP contribution in [-0.2, 0) is 0 Å². The van der Waals surface area contributed by atoms with Gasteiger partial charge in [0.1, 0.15) is 0 Å². The van der Waals surface area contributed by atoms with Crippen molar-refractivity contribution in [3.63, 3.8) is 0 Å². The van der Waals surface area contributed by atoms with Gasteiger partial charge in [0.2, 0.25) is 0 Å². The summed E-state index contributed by atoms with van der Waals surface area (Å²) in [6.07, 6.45) is 2.16. The van der Waals surface area contributed by atoms with E-state index in [4.69, 9.17) is 0 Å². The molecule has 190 valence electrons. The SMILES string of the molecule is CSc1ccc(-c2c3ccccc3c(-c3cccc(-c4ccccc4)c3)c3ccccc23)cc1-c1ccccc1. The van der Waals surface area contributed by atoms with E-state index in [0.717, 1.165) is 0 Å². The highest BCUT2D eigenvalue weighted by Gasteiger charge is 2.18. The van der Waals surface area contributed by atoms with Crippen molar-refractivity contribution in [2.75, 3.05) is 6.26 Å². The Hall–Kier alpha value is -4.59. The molecule has 0 aliphatic rings. The zero-order valence-corrected chi connectivity index (χ0v) is 23.2. The summed E-state index contributed by atoms with van der Waals surface area (Å²) in [7, 11) is 0. The quantitative estimate of drug-likeness (QED) is 0.158. The van der Waals surface area contributed by atoms with Gasteiger partial charge in [0, 0.05) is 4.90 Å². The lowest BCUT2D eigenvalue weighted by atomic mass is 9.85. The van der Waals surface area contributed by atoms with E-state index in [-0.39, 0.29) is 0 Å². The predicted octanol–water partition coefficient (Wildman–Crippen LogP) is 11.4. The highest BCUT2D eigenvalue weighted by molar-refractivity contribution is 7.98. The molecule has 0 radical (unpaired) electrons. The number of rotatable bonds is 5. The minimum Gasteiger partial charge on any atom is -0.129 e. The van der Waals surface area contributed by atoms with E-state index in [9.17, 15) is 0 Å². The molecule has 7 aromatic carbocycles. The second kappa shape index (κ2) is 10.5. The number of benzene rings is 7. The van der Waals surface area contributed by atoms with E-state index >= 15 is 0 Å². The Bertz CT molecular complexity index is 1910. The summed E-state index contributed by atoms with van der Waals surface area (Å²) in [5, 5.41) is 5.10. The second-order valence-corrected chi connectivity index (χ2v) is 10.9. The molecule has 0 saturated heterocycles. The summed E-state index contributed by atoms with van der Waals surface area (Å²) >= 11 is 1.80. The normalized spacial score (nSPS) is 11.2. The number of thioether (sulfide) groups is 1. The summed E-state index contributed by atoms with van der Waals surface area (Å²) < 4.78 is 0. The number of fused-ring (bicyclic) bond motifs is 2. The van der Waals surface area contributed by atoms with Crippen LogP contribution in [0.1, 0.15) is 0 Å². The van der Waals surface area contributed by atoms with E-state index in [0.29, 0.717) is 0 Å². The van der Waals surface area contributed by atoms with Crippen LogP contribution in [0.3, 0.4) is 0 Å². The van der Waals surface area contributed by atoms with Crippen molar-refractivity contribution in [3.05, 3.63) is 152 Å². The van der Waals surface area contributed by atoms with Gasteiger partial charge >= 0.3 is 0 Å². The maximum Gasteiger partial charge on any atom is 0.0148 e. The lowest BCUT2D eigenvalue weighted by Gasteiger charge is -2.19. The van der Waals surface area contributed by atoms with Crippen LogP contribution in [0.5, 0.6) is 0 Å². The zero-order valence-electron chi connectivity index (χ0n) is 22.3. The summed E-state index contributed by atoms with van der Waals surface area (Å²) in [6, 6.07) is 55.1. The Morgan fingerprint density at radius 2 is 0.800 bits per heavy atom. The van der Waals surface area contributed by atoms with Crippen molar-refractivity contribution >= 4 is 33.3 Å². The maximum absolute atomic E-state index is 2.38. The summed E-state index contributed by atoms with van der Waals surface area (Å²) in [4.78, 5) is 1.29. The molecule has 40 heavy (non-hydrogen) atoms. The van der Waals surface area contributed by atoms with E-state index in [2.05, 4.69) is 158 Å². The van der Waals surface area contributed by atoms with Gasteiger partial charge in [-0.3, -0.25) is 0 Å². The largest absolute Gasteiger partial charge is 0.129 e. The summed E-state index contributed by atoms with van der Waals surface area (Å²) in [6.45, 7) is 0. The van der Waals surface area contributed by atoms with Crippen molar-refractivity contribution in [1.29, 1.82) is 0 Å². The molecule has 0 spiro atoms. The first-order valence-corrected chi connectivity index (χ1v) is 14.9. The van der Waals surface area contributed by atoms with Crippen molar-refractivity contribution in [3.8, 4) is 44.5 Å². The van der Waals surface area contributed by atoms with Gasteiger partial charge in [-0.2, -0.15) is 0 Å². The van der Waals surface area contributed by atoms with Gasteiger partial charge in [-0.05, 0) is 90.5 Å². The van der Waals surface area contributed by atoms with Crippen LogP contribution in [0.25, 0.3) is 66.1 Å². The summed E-state index contributed by atoms with van der Waals surface area (Å²) in [5.74, 6) is 0. The number of hydrogen-bond donors (Lipinski definition) is 0. The molecule has 0 saturated carbocycles. The molecule has 0 N–H and O–H groups in total. The molecule has 7 aromatic rings. The third kappa shape index (κ3) is 4.29. The molecule has 0 unspecified atom stereocenters. The van der Waals surface area contributed by atoms with Gasteiger partial charge < -0.3 is 0 Å². The first kappa shape index (κ1) is 24.5. The Morgan fingerprint density at radius 1 is 0.350 bits per heavy atom. The molecule has 0 bridgehead atoms. The van der Waals surface area contributed by atoms with E-state index in [1.165, 1.54) is 70.9 Å². The van der Waals surface area contributed by atoms with E-state index in [1.807, 2.05) is 0 Å². The zero-order chi connectivity index (χ0) is 26.9. The molecule has 0 aromatic heterocycles. The van der Waals surface area contributed by atoms with Crippen LogP contribution < -0.4 is 0 Å². The molecule has 0 nitrogen and oxygen atoms in total. The molecule has 0 atom stereocenters. The fraction of sp³-hybridized carbons (Fsp3) is 0.0256. The van der Waals surface area contributed by atoms with Crippen LogP contribution in [-0.4, -0.2) is 6.26 Å². The Kier molecular flexibility index (Phi) is 6.43. The molecule has 0 aliphatic heterocycles. The van der Waals surface area contributed by atoms with Gasteiger partial charge in [-0.15, -0.1) is 11.8 Å². The standard InChI is InChI=1S/C39H28S/c1-40-37-24-23-31(26-36(37)28-15-6-3-7-16-28)39-34-21-10-8-19-32(34)38(33-20-9-11-22-35(33)39)30-18-12-17-29(25-30)27-13-4-2-5-14-27/h2-26H,1H3. The molecule has 7 rings (SSSR count). The molecule has 0 aliphatic carbocycles. The van der Waals surface area contributed by atoms with Crippen LogP contribution in [0.15, 0.2) is 157 Å². The van der Waals surface area contributed by atoms with Crippen LogP contribution in [0, 0.1) is 0 Å². The first-order chi connectivity index (χ1) is 19.8. The van der Waals surface area contributed by atoms with Crippen LogP contribution >= 0.6 is 11.8 Å². The van der Waals surface area contributed by atoms with Crippen LogP contribution in [0.2, 0.25) is 0 Å². The fourth-order valence-corrected chi connectivity index (χ4v) is 6.54. The topological polar surface area (TPSA) is 0 Å². The predicted molar refractivity (Wildman–Crippen MR) is 175 cm³/mol. The molecule has 1 heteroatoms. The smallest absolute Gasteiger partial charge is 0.0148 e. The summed E-state index contributed by atoms with van der Waals surface area (Å²) in [5.41, 5.74) is 10.1. The van der Waals surface area contributed by atoms with Gasteiger partial charge in [0.25, 0.3) is 0 Å². The van der Waals surface area contributed by atoms with Gasteiger partial charge in [-0.1, -0.05) is 133 Å². The molecule has 0 heterocycles. The molecule has 0 amide bonds. The van der Waals surface area contributed by atoms with Crippen LogP contribution in [0.4, 0.5) is 0 Å². The molecule has 0 fully saturated rings. The number of hydrogen-bond acceptors (Lipinski definition) is 1. The first-order valence-electron chi connectivity index (χ1n) is 13.6. The van der Waals surface area contributed by atoms with E-state index in [1.54, 1.807) is 11.8 Å². The Morgan fingerprint density at radius 3 is 1.35 bits per heavy atom. The second-order valence-electron chi connectivity index (χ2n) is 10.1. The van der Waals surface area contributed by atoms with Crippen molar-refractivity contribution in [1.82, 2.24) is 0 Å². The third-order valence-electron chi connectivity index (χ3n) is 7.76. The highest BCUT2D eigenvalue weighted by Crippen LogP contribution is 2.45.